The quantitative estimate of drug-likeness (QED) is 0.260. The fourth-order valence-corrected chi connectivity index (χ4v) is 4.97. The van der Waals surface area contributed by atoms with Gasteiger partial charge in [0.1, 0.15) is 0 Å². The predicted octanol–water partition coefficient (Wildman–Crippen LogP) is 8.70. The van der Waals surface area contributed by atoms with Crippen LogP contribution in [0.5, 0.6) is 0 Å². The maximum Gasteiger partial charge on any atom is 0.0450 e. The zero-order chi connectivity index (χ0) is 22.2. The molecule has 0 N–H and O–H groups in total. The van der Waals surface area contributed by atoms with Crippen molar-refractivity contribution in [2.24, 2.45) is 0 Å². The van der Waals surface area contributed by atoms with Crippen LogP contribution in [0.15, 0.2) is 121 Å². The van der Waals surface area contributed by atoms with E-state index < -0.39 is 0 Å². The van der Waals surface area contributed by atoms with Crippen LogP contribution in [0.1, 0.15) is 5.69 Å². The Morgan fingerprint density at radius 3 is 1.61 bits per heavy atom. The van der Waals surface area contributed by atoms with E-state index in [4.69, 9.17) is 0 Å². The zero-order valence-corrected chi connectivity index (χ0v) is 18.5. The molecule has 0 radical (unpaired) electrons. The summed E-state index contributed by atoms with van der Waals surface area (Å²) in [6.07, 6.45) is 1.86. The number of benzene rings is 5. The fraction of sp³-hybridized carbons (Fsp3) is 0.0312. The van der Waals surface area contributed by atoms with Crippen LogP contribution in [0.2, 0.25) is 0 Å². The van der Waals surface area contributed by atoms with Crippen LogP contribution < -0.4 is 0 Å². The molecule has 1 aromatic heterocycles. The minimum absolute atomic E-state index is 1.04. The van der Waals surface area contributed by atoms with Gasteiger partial charge in [0.25, 0.3) is 0 Å². The smallest absolute Gasteiger partial charge is 0.0450 e. The summed E-state index contributed by atoms with van der Waals surface area (Å²) in [6, 6.07) is 41.3. The van der Waals surface area contributed by atoms with Gasteiger partial charge in [-0.3, -0.25) is 4.98 Å². The maximum absolute atomic E-state index is 4.53. The van der Waals surface area contributed by atoms with Gasteiger partial charge in [-0.2, -0.15) is 0 Å². The van der Waals surface area contributed by atoms with Gasteiger partial charge in [0.2, 0.25) is 0 Å². The molecule has 0 aliphatic carbocycles. The van der Waals surface area contributed by atoms with Gasteiger partial charge in [0.15, 0.2) is 0 Å². The van der Waals surface area contributed by atoms with E-state index in [2.05, 4.69) is 121 Å². The van der Waals surface area contributed by atoms with Gasteiger partial charge in [0.05, 0.1) is 0 Å². The molecule has 6 rings (SSSR count). The van der Waals surface area contributed by atoms with Crippen molar-refractivity contribution in [1.29, 1.82) is 0 Å². The number of nitrogens with zero attached hydrogens (tertiary/aromatic N) is 1. The summed E-state index contributed by atoms with van der Waals surface area (Å²) >= 11 is 0. The van der Waals surface area contributed by atoms with E-state index >= 15 is 0 Å². The van der Waals surface area contributed by atoms with Crippen LogP contribution in [0.4, 0.5) is 0 Å². The number of fused-ring (bicyclic) bond motifs is 2. The molecule has 1 heterocycles. The Hall–Kier alpha value is -4.23. The molecule has 1 heteroatoms. The van der Waals surface area contributed by atoms with Crippen LogP contribution in [-0.2, 0) is 0 Å². The molecule has 0 atom stereocenters. The summed E-state index contributed by atoms with van der Waals surface area (Å²) in [6.45, 7) is 2.08. The molecule has 0 bridgehead atoms. The van der Waals surface area contributed by atoms with Gasteiger partial charge >= 0.3 is 0 Å². The molecule has 156 valence electrons. The summed E-state index contributed by atoms with van der Waals surface area (Å²) in [7, 11) is 0. The van der Waals surface area contributed by atoms with E-state index in [-0.39, 0.29) is 0 Å². The van der Waals surface area contributed by atoms with E-state index in [1.807, 2.05) is 12.3 Å². The van der Waals surface area contributed by atoms with E-state index in [0.29, 0.717) is 0 Å². The lowest BCUT2D eigenvalue weighted by atomic mass is 9.85. The lowest BCUT2D eigenvalue weighted by molar-refractivity contribution is 1.20. The standard InChI is InChI=1S/C32H23N/c1-22-26(17-10-20-33-22)25-18-19-29-30(21-25)32(24-13-6-3-7-14-24)28-16-9-8-15-27(28)31(29)23-11-4-2-5-12-23/h2-21H,1H3. The molecule has 0 aliphatic rings. The molecule has 1 nitrogen and oxygen atoms in total. The van der Waals surface area contributed by atoms with Gasteiger partial charge in [-0.05, 0) is 68.4 Å². The van der Waals surface area contributed by atoms with Crippen LogP contribution in [0, 0.1) is 6.92 Å². The van der Waals surface area contributed by atoms with Gasteiger partial charge in [-0.25, -0.2) is 0 Å². The second-order valence-corrected chi connectivity index (χ2v) is 8.42. The fourth-order valence-electron chi connectivity index (χ4n) is 4.97. The molecule has 0 saturated carbocycles. The Labute approximate surface area is 194 Å². The van der Waals surface area contributed by atoms with Crippen molar-refractivity contribution in [3.63, 3.8) is 0 Å². The molecule has 5 aromatic carbocycles. The lowest BCUT2D eigenvalue weighted by Crippen LogP contribution is -1.92. The highest BCUT2D eigenvalue weighted by Gasteiger charge is 2.17. The monoisotopic (exact) mass is 421 g/mol. The van der Waals surface area contributed by atoms with Crippen molar-refractivity contribution in [3.8, 4) is 33.4 Å². The Kier molecular flexibility index (Phi) is 4.74. The number of hydrogen-bond acceptors (Lipinski definition) is 1. The first-order valence-corrected chi connectivity index (χ1v) is 11.3. The lowest BCUT2D eigenvalue weighted by Gasteiger charge is -2.19. The molecule has 6 aromatic rings. The average Bonchev–Trinajstić information content (AvgIpc) is 2.88. The number of aromatic nitrogens is 1. The Morgan fingerprint density at radius 1 is 0.455 bits per heavy atom. The molecular weight excluding hydrogens is 398 g/mol. The van der Waals surface area contributed by atoms with Crippen molar-refractivity contribution in [3.05, 3.63) is 127 Å². The molecule has 0 spiro atoms. The number of pyridine rings is 1. The highest BCUT2D eigenvalue weighted by Crippen LogP contribution is 2.44. The predicted molar refractivity (Wildman–Crippen MR) is 140 cm³/mol. The van der Waals surface area contributed by atoms with Crippen molar-refractivity contribution in [2.45, 2.75) is 6.92 Å². The summed E-state index contributed by atoms with van der Waals surface area (Å²) < 4.78 is 0. The number of rotatable bonds is 3. The summed E-state index contributed by atoms with van der Waals surface area (Å²) in [5, 5.41) is 5.08. The van der Waals surface area contributed by atoms with Crippen LogP contribution >= 0.6 is 0 Å². The molecule has 0 fully saturated rings. The van der Waals surface area contributed by atoms with Crippen molar-refractivity contribution in [1.82, 2.24) is 4.98 Å². The molecular formula is C32H23N. The Bertz CT molecular complexity index is 1600. The summed E-state index contributed by atoms with van der Waals surface area (Å²) in [5.41, 5.74) is 8.45. The van der Waals surface area contributed by atoms with E-state index in [0.717, 1.165) is 5.69 Å². The van der Waals surface area contributed by atoms with Crippen molar-refractivity contribution in [2.75, 3.05) is 0 Å². The first-order chi connectivity index (χ1) is 16.3. The molecule has 0 unspecified atom stereocenters. The van der Waals surface area contributed by atoms with Gasteiger partial charge in [-0.15, -0.1) is 0 Å². The van der Waals surface area contributed by atoms with Gasteiger partial charge < -0.3 is 0 Å². The van der Waals surface area contributed by atoms with E-state index in [1.54, 1.807) is 0 Å². The second kappa shape index (κ2) is 8.03. The highest BCUT2D eigenvalue weighted by molar-refractivity contribution is 6.21. The number of aryl methyl sites for hydroxylation is 1. The van der Waals surface area contributed by atoms with Crippen molar-refractivity contribution < 1.29 is 0 Å². The Balaban J connectivity index is 1.80. The molecule has 0 aliphatic heterocycles. The molecule has 33 heavy (non-hydrogen) atoms. The topological polar surface area (TPSA) is 12.9 Å². The normalized spacial score (nSPS) is 11.2. The van der Waals surface area contributed by atoms with Gasteiger partial charge in [-0.1, -0.05) is 103 Å². The largest absolute Gasteiger partial charge is 0.261 e. The maximum atomic E-state index is 4.53. The number of hydrogen-bond donors (Lipinski definition) is 0. The van der Waals surface area contributed by atoms with Crippen LogP contribution in [0.3, 0.4) is 0 Å². The zero-order valence-electron chi connectivity index (χ0n) is 18.5. The summed E-state index contributed by atoms with van der Waals surface area (Å²) in [4.78, 5) is 4.53. The second-order valence-electron chi connectivity index (χ2n) is 8.42. The van der Waals surface area contributed by atoms with E-state index in [1.165, 1.54) is 54.9 Å². The summed E-state index contributed by atoms with van der Waals surface area (Å²) in [5.74, 6) is 0. The van der Waals surface area contributed by atoms with Gasteiger partial charge in [0, 0.05) is 17.5 Å². The minimum Gasteiger partial charge on any atom is -0.261 e. The average molecular weight is 422 g/mol. The Morgan fingerprint density at radius 2 is 1.00 bits per heavy atom. The first kappa shape index (κ1) is 19.5. The van der Waals surface area contributed by atoms with Crippen molar-refractivity contribution >= 4 is 21.5 Å². The highest BCUT2D eigenvalue weighted by atomic mass is 14.7. The first-order valence-electron chi connectivity index (χ1n) is 11.3. The van der Waals surface area contributed by atoms with Crippen LogP contribution in [0.25, 0.3) is 54.9 Å². The SMILES string of the molecule is Cc1ncccc1-c1ccc2c(-c3ccccc3)c3ccccc3c(-c3ccccc3)c2c1. The third-order valence-corrected chi connectivity index (χ3v) is 6.47. The minimum atomic E-state index is 1.04. The third kappa shape index (κ3) is 3.30. The van der Waals surface area contributed by atoms with E-state index in [9.17, 15) is 0 Å². The third-order valence-electron chi connectivity index (χ3n) is 6.47. The molecule has 0 saturated heterocycles. The van der Waals surface area contributed by atoms with Crippen LogP contribution in [-0.4, -0.2) is 4.98 Å². The molecule has 0 amide bonds.